The fourth-order valence-electron chi connectivity index (χ4n) is 3.46. The second-order valence-corrected chi connectivity index (χ2v) is 6.32. The van der Waals surface area contributed by atoms with Gasteiger partial charge in [-0.1, -0.05) is 6.42 Å². The Labute approximate surface area is 131 Å². The van der Waals surface area contributed by atoms with Crippen molar-refractivity contribution >= 4 is 5.91 Å². The molecule has 6 nitrogen and oxygen atoms in total. The van der Waals surface area contributed by atoms with E-state index in [0.717, 1.165) is 31.8 Å². The Morgan fingerprint density at radius 1 is 1.36 bits per heavy atom. The van der Waals surface area contributed by atoms with E-state index in [1.165, 1.54) is 19.3 Å². The van der Waals surface area contributed by atoms with Crippen LogP contribution in [0, 0.1) is 0 Å². The molecule has 2 fully saturated rings. The minimum absolute atomic E-state index is 0.110. The molecule has 1 amide bonds. The number of aromatic nitrogens is 2. The minimum atomic E-state index is 0.110. The first-order valence-corrected chi connectivity index (χ1v) is 8.32. The van der Waals surface area contributed by atoms with Gasteiger partial charge in [-0.15, -0.1) is 0 Å². The van der Waals surface area contributed by atoms with Crippen molar-refractivity contribution in [1.29, 1.82) is 0 Å². The van der Waals surface area contributed by atoms with E-state index in [0.29, 0.717) is 19.1 Å². The van der Waals surface area contributed by atoms with E-state index in [1.54, 1.807) is 6.20 Å². The van der Waals surface area contributed by atoms with Crippen LogP contribution in [0.4, 0.5) is 0 Å². The van der Waals surface area contributed by atoms with Crippen LogP contribution in [0.3, 0.4) is 0 Å². The van der Waals surface area contributed by atoms with Crippen LogP contribution in [0.5, 0.6) is 0 Å². The number of carbonyl (C=O) groups excluding carboxylic acids is 1. The number of likely N-dealkylation sites (tertiary alicyclic amines) is 1. The number of piperidine rings is 1. The quantitative estimate of drug-likeness (QED) is 0.871. The molecule has 0 bridgehead atoms. The summed E-state index contributed by atoms with van der Waals surface area (Å²) in [7, 11) is 1.91. The van der Waals surface area contributed by atoms with Crippen LogP contribution in [0.25, 0.3) is 0 Å². The summed E-state index contributed by atoms with van der Waals surface area (Å²) >= 11 is 0. The molecule has 122 valence electrons. The molecule has 0 saturated carbocycles. The van der Waals surface area contributed by atoms with Gasteiger partial charge in [0.1, 0.15) is 0 Å². The number of nitrogens with zero attached hydrogens (tertiary/aromatic N) is 3. The molecule has 0 aromatic carbocycles. The molecular formula is C16H26N4O2. The van der Waals surface area contributed by atoms with Crippen molar-refractivity contribution in [3.8, 4) is 0 Å². The molecule has 0 spiro atoms. The van der Waals surface area contributed by atoms with Crippen molar-refractivity contribution in [2.45, 2.75) is 44.2 Å². The fourth-order valence-corrected chi connectivity index (χ4v) is 3.46. The topological polar surface area (TPSA) is 59.4 Å². The molecule has 1 aromatic rings. The first-order chi connectivity index (χ1) is 10.7. The van der Waals surface area contributed by atoms with Crippen molar-refractivity contribution < 1.29 is 9.53 Å². The lowest BCUT2D eigenvalue weighted by molar-refractivity contribution is -0.122. The standard InChI is InChI=1S/C16H26N4O2/c1-19-13(7-8-17-19)5-6-16(21)18-14-11-22-12-15(14)20-9-3-2-4-10-20/h7-8,14-15H,2-6,9-12H2,1H3,(H,18,21)/t14-,15-/m0/s1. The first kappa shape index (κ1) is 15.5. The molecule has 0 unspecified atom stereocenters. The molecule has 1 N–H and O–H groups in total. The first-order valence-electron chi connectivity index (χ1n) is 8.32. The van der Waals surface area contributed by atoms with Crippen LogP contribution < -0.4 is 5.32 Å². The summed E-state index contributed by atoms with van der Waals surface area (Å²) in [6, 6.07) is 2.45. The number of carbonyl (C=O) groups is 1. The van der Waals surface area contributed by atoms with Crippen LogP contribution in [-0.4, -0.2) is 59.0 Å². The van der Waals surface area contributed by atoms with Gasteiger partial charge in [-0.3, -0.25) is 14.4 Å². The van der Waals surface area contributed by atoms with Gasteiger partial charge in [-0.25, -0.2) is 0 Å². The van der Waals surface area contributed by atoms with E-state index in [2.05, 4.69) is 15.3 Å². The van der Waals surface area contributed by atoms with E-state index in [4.69, 9.17) is 4.74 Å². The number of amides is 1. The van der Waals surface area contributed by atoms with Gasteiger partial charge in [-0.05, 0) is 38.4 Å². The molecule has 2 saturated heterocycles. The maximum atomic E-state index is 12.2. The van der Waals surface area contributed by atoms with Gasteiger partial charge < -0.3 is 10.1 Å². The third-order valence-electron chi connectivity index (χ3n) is 4.79. The molecule has 1 aromatic heterocycles. The molecule has 3 heterocycles. The van der Waals surface area contributed by atoms with Crippen LogP contribution in [-0.2, 0) is 23.0 Å². The number of ether oxygens (including phenoxy) is 1. The number of nitrogens with one attached hydrogen (secondary N) is 1. The van der Waals surface area contributed by atoms with Gasteiger partial charge in [0.15, 0.2) is 0 Å². The van der Waals surface area contributed by atoms with Gasteiger partial charge in [0.2, 0.25) is 5.91 Å². The lowest BCUT2D eigenvalue weighted by Gasteiger charge is -2.34. The van der Waals surface area contributed by atoms with E-state index in [1.807, 2.05) is 17.8 Å². The highest BCUT2D eigenvalue weighted by atomic mass is 16.5. The van der Waals surface area contributed by atoms with Gasteiger partial charge in [0.05, 0.1) is 25.3 Å². The highest BCUT2D eigenvalue weighted by Crippen LogP contribution is 2.19. The predicted octanol–water partition coefficient (Wildman–Crippen LogP) is 0.722. The summed E-state index contributed by atoms with van der Waals surface area (Å²) < 4.78 is 7.44. The van der Waals surface area contributed by atoms with Crippen molar-refractivity contribution in [3.63, 3.8) is 0 Å². The summed E-state index contributed by atoms with van der Waals surface area (Å²) in [5, 5.41) is 7.30. The maximum absolute atomic E-state index is 12.2. The number of hydrogen-bond donors (Lipinski definition) is 1. The smallest absolute Gasteiger partial charge is 0.220 e. The number of aryl methyl sites for hydroxylation is 2. The predicted molar refractivity (Wildman–Crippen MR) is 83.5 cm³/mol. The molecule has 2 aliphatic heterocycles. The maximum Gasteiger partial charge on any atom is 0.220 e. The normalized spacial score (nSPS) is 26.2. The van der Waals surface area contributed by atoms with Crippen molar-refractivity contribution in [3.05, 3.63) is 18.0 Å². The lowest BCUT2D eigenvalue weighted by Crippen LogP contribution is -2.52. The van der Waals surface area contributed by atoms with Crippen LogP contribution >= 0.6 is 0 Å². The van der Waals surface area contributed by atoms with E-state index in [9.17, 15) is 4.79 Å². The zero-order valence-corrected chi connectivity index (χ0v) is 13.3. The molecule has 2 atom stereocenters. The van der Waals surface area contributed by atoms with Gasteiger partial charge >= 0.3 is 0 Å². The lowest BCUT2D eigenvalue weighted by atomic mass is 10.0. The molecular weight excluding hydrogens is 280 g/mol. The Kier molecular flexibility index (Phi) is 5.10. The summed E-state index contributed by atoms with van der Waals surface area (Å²) in [4.78, 5) is 14.7. The van der Waals surface area contributed by atoms with E-state index in [-0.39, 0.29) is 11.9 Å². The zero-order valence-electron chi connectivity index (χ0n) is 13.3. The van der Waals surface area contributed by atoms with Crippen LogP contribution in [0.15, 0.2) is 12.3 Å². The Bertz CT molecular complexity index is 496. The third-order valence-corrected chi connectivity index (χ3v) is 4.79. The second-order valence-electron chi connectivity index (χ2n) is 6.32. The average Bonchev–Trinajstić information content (AvgIpc) is 3.15. The Balaban J connectivity index is 1.48. The summed E-state index contributed by atoms with van der Waals surface area (Å²) in [6.07, 6.45) is 6.85. The third kappa shape index (κ3) is 3.67. The summed E-state index contributed by atoms with van der Waals surface area (Å²) in [5.41, 5.74) is 1.09. The highest BCUT2D eigenvalue weighted by Gasteiger charge is 2.34. The largest absolute Gasteiger partial charge is 0.378 e. The molecule has 0 radical (unpaired) electrons. The Hall–Kier alpha value is -1.40. The van der Waals surface area contributed by atoms with Crippen LogP contribution in [0.2, 0.25) is 0 Å². The molecule has 0 aliphatic carbocycles. The highest BCUT2D eigenvalue weighted by molar-refractivity contribution is 5.76. The Morgan fingerprint density at radius 2 is 2.18 bits per heavy atom. The average molecular weight is 306 g/mol. The van der Waals surface area contributed by atoms with Crippen molar-refractivity contribution in [2.75, 3.05) is 26.3 Å². The van der Waals surface area contributed by atoms with Crippen LogP contribution in [0.1, 0.15) is 31.4 Å². The monoisotopic (exact) mass is 306 g/mol. The SMILES string of the molecule is Cn1nccc1CCC(=O)N[C@H]1COC[C@@H]1N1CCCCC1. The molecule has 2 aliphatic rings. The molecule has 6 heteroatoms. The minimum Gasteiger partial charge on any atom is -0.378 e. The molecule has 22 heavy (non-hydrogen) atoms. The zero-order chi connectivity index (χ0) is 15.4. The van der Waals surface area contributed by atoms with Gasteiger partial charge in [-0.2, -0.15) is 5.10 Å². The number of rotatable bonds is 5. The fraction of sp³-hybridized carbons (Fsp3) is 0.750. The number of hydrogen-bond acceptors (Lipinski definition) is 4. The van der Waals surface area contributed by atoms with E-state index >= 15 is 0 Å². The van der Waals surface area contributed by atoms with Gasteiger partial charge in [0.25, 0.3) is 0 Å². The Morgan fingerprint density at radius 3 is 2.91 bits per heavy atom. The summed E-state index contributed by atoms with van der Waals surface area (Å²) in [6.45, 7) is 3.65. The molecule has 3 rings (SSSR count). The van der Waals surface area contributed by atoms with Crippen molar-refractivity contribution in [2.24, 2.45) is 7.05 Å². The summed E-state index contributed by atoms with van der Waals surface area (Å²) in [5.74, 6) is 0.110. The van der Waals surface area contributed by atoms with Crippen molar-refractivity contribution in [1.82, 2.24) is 20.0 Å². The van der Waals surface area contributed by atoms with E-state index < -0.39 is 0 Å². The second kappa shape index (κ2) is 7.24. The van der Waals surface area contributed by atoms with Gasteiger partial charge in [0, 0.05) is 25.4 Å².